The zero-order chi connectivity index (χ0) is 15.9. The van der Waals surface area contributed by atoms with Crippen molar-refractivity contribution in [3.8, 4) is 0 Å². The van der Waals surface area contributed by atoms with Gasteiger partial charge in [-0.1, -0.05) is 13.8 Å². The number of carbonyl (C=O) groups is 1. The van der Waals surface area contributed by atoms with Crippen molar-refractivity contribution in [2.75, 3.05) is 48.0 Å². The second-order valence-corrected chi connectivity index (χ2v) is 4.68. The predicted molar refractivity (Wildman–Crippen MR) is 84.1 cm³/mol. The third-order valence-corrected chi connectivity index (χ3v) is 3.32. The Morgan fingerprint density at radius 2 is 1.55 bits per heavy atom. The third kappa shape index (κ3) is 7.82. The fraction of sp³-hybridized carbons (Fsp3) is 0.933. The highest BCUT2D eigenvalue weighted by atomic mass is 16.5. The standard InChI is InChI=1S/C9H17NO.C2H7N.C2H4O2.C2H6/c1-11-8-9-4-2-6-10(9)7-3-5-9;1-3-2;1-4-2-3;1-2/h2-8H2,1H3;3H,1-2H3;2H,1H3;1-2H3. The fourth-order valence-electron chi connectivity index (χ4n) is 2.73. The molecule has 0 aliphatic carbocycles. The number of hydrogen-bond donors (Lipinski definition) is 1. The number of hydrogen-bond acceptors (Lipinski definition) is 5. The van der Waals surface area contributed by atoms with Gasteiger partial charge in [-0.05, 0) is 52.9 Å². The third-order valence-electron chi connectivity index (χ3n) is 3.32. The highest BCUT2D eigenvalue weighted by molar-refractivity contribution is 5.36. The van der Waals surface area contributed by atoms with Crippen LogP contribution in [0.1, 0.15) is 39.5 Å². The molecule has 0 amide bonds. The van der Waals surface area contributed by atoms with E-state index in [1.807, 2.05) is 35.1 Å². The van der Waals surface area contributed by atoms with Crippen LogP contribution < -0.4 is 5.32 Å². The maximum absolute atomic E-state index is 8.95. The van der Waals surface area contributed by atoms with Crippen LogP contribution in [0.3, 0.4) is 0 Å². The molecule has 0 bridgehead atoms. The summed E-state index contributed by atoms with van der Waals surface area (Å²) in [7, 11) is 6.89. The number of nitrogens with one attached hydrogen (secondary N) is 1. The van der Waals surface area contributed by atoms with E-state index < -0.39 is 0 Å². The van der Waals surface area contributed by atoms with E-state index in [9.17, 15) is 0 Å². The molecule has 1 N–H and O–H groups in total. The highest BCUT2D eigenvalue weighted by Crippen LogP contribution is 2.38. The SMILES string of the molecule is CC.CNC.COC=O.COCC12CCCN1CCC2. The second kappa shape index (κ2) is 14.8. The van der Waals surface area contributed by atoms with Crippen LogP contribution >= 0.6 is 0 Å². The van der Waals surface area contributed by atoms with Crippen molar-refractivity contribution < 1.29 is 14.3 Å². The minimum Gasteiger partial charge on any atom is -0.471 e. The van der Waals surface area contributed by atoms with Gasteiger partial charge in [-0.2, -0.15) is 0 Å². The Labute approximate surface area is 125 Å². The van der Waals surface area contributed by atoms with Crippen LogP contribution in [0, 0.1) is 0 Å². The normalized spacial score (nSPS) is 18.3. The topological polar surface area (TPSA) is 50.8 Å². The zero-order valence-corrected chi connectivity index (χ0v) is 14.2. The summed E-state index contributed by atoms with van der Waals surface area (Å²) in [5.74, 6) is 0. The molecule has 0 saturated carbocycles. The lowest BCUT2D eigenvalue weighted by Gasteiger charge is -2.30. The summed E-state index contributed by atoms with van der Waals surface area (Å²) in [6.45, 7) is 7.94. The number of ether oxygens (including phenoxy) is 2. The van der Waals surface area contributed by atoms with Gasteiger partial charge in [0.05, 0.1) is 13.7 Å². The largest absolute Gasteiger partial charge is 0.471 e. The van der Waals surface area contributed by atoms with E-state index in [1.54, 1.807) is 0 Å². The van der Waals surface area contributed by atoms with Crippen molar-refractivity contribution in [1.29, 1.82) is 0 Å². The average Bonchev–Trinajstić information content (AvgIpc) is 3.02. The molecule has 0 aromatic heterocycles. The van der Waals surface area contributed by atoms with Crippen molar-refractivity contribution in [3.05, 3.63) is 0 Å². The van der Waals surface area contributed by atoms with E-state index in [4.69, 9.17) is 9.53 Å². The lowest BCUT2D eigenvalue weighted by Crippen LogP contribution is -2.42. The van der Waals surface area contributed by atoms with Gasteiger partial charge in [0.25, 0.3) is 6.47 Å². The summed E-state index contributed by atoms with van der Waals surface area (Å²) >= 11 is 0. The van der Waals surface area contributed by atoms with Crippen molar-refractivity contribution in [2.24, 2.45) is 0 Å². The Morgan fingerprint density at radius 3 is 1.85 bits per heavy atom. The Hall–Kier alpha value is -0.650. The van der Waals surface area contributed by atoms with Crippen LogP contribution in [0.5, 0.6) is 0 Å². The van der Waals surface area contributed by atoms with Gasteiger partial charge in [0, 0.05) is 12.6 Å². The molecule has 2 rings (SSSR count). The number of fused-ring (bicyclic) bond motifs is 1. The molecule has 2 fully saturated rings. The molecule has 2 heterocycles. The second-order valence-electron chi connectivity index (χ2n) is 4.68. The summed E-state index contributed by atoms with van der Waals surface area (Å²) < 4.78 is 9.15. The molecule has 0 unspecified atom stereocenters. The first-order chi connectivity index (χ1) is 9.70. The molecule has 5 heteroatoms. The molecular weight excluding hydrogens is 256 g/mol. The average molecular weight is 290 g/mol. The van der Waals surface area contributed by atoms with Gasteiger partial charge in [0.2, 0.25) is 0 Å². The maximum atomic E-state index is 8.95. The lowest BCUT2D eigenvalue weighted by atomic mass is 9.95. The first kappa shape index (κ1) is 21.6. The van der Waals surface area contributed by atoms with E-state index >= 15 is 0 Å². The molecule has 0 atom stereocenters. The van der Waals surface area contributed by atoms with Gasteiger partial charge in [0.15, 0.2) is 0 Å². The first-order valence-electron chi connectivity index (χ1n) is 7.49. The van der Waals surface area contributed by atoms with Crippen LogP contribution in [0.4, 0.5) is 0 Å². The van der Waals surface area contributed by atoms with Crippen LogP contribution in [-0.4, -0.2) is 64.9 Å². The number of methoxy groups -OCH3 is 2. The molecule has 0 spiro atoms. The molecule has 0 radical (unpaired) electrons. The van der Waals surface area contributed by atoms with Crippen LogP contribution in [0.25, 0.3) is 0 Å². The van der Waals surface area contributed by atoms with Gasteiger partial charge < -0.3 is 14.8 Å². The smallest absolute Gasteiger partial charge is 0.292 e. The van der Waals surface area contributed by atoms with Crippen molar-refractivity contribution >= 4 is 6.47 Å². The highest BCUT2D eigenvalue weighted by Gasteiger charge is 2.43. The summed E-state index contributed by atoms with van der Waals surface area (Å²) in [5, 5.41) is 2.75. The molecule has 2 aliphatic heterocycles. The molecule has 2 saturated heterocycles. The molecule has 20 heavy (non-hydrogen) atoms. The van der Waals surface area contributed by atoms with Crippen LogP contribution in [-0.2, 0) is 14.3 Å². The molecule has 5 nitrogen and oxygen atoms in total. The van der Waals surface area contributed by atoms with Gasteiger partial charge in [-0.15, -0.1) is 0 Å². The fourth-order valence-corrected chi connectivity index (χ4v) is 2.73. The quantitative estimate of drug-likeness (QED) is 0.805. The van der Waals surface area contributed by atoms with Crippen molar-refractivity contribution in [1.82, 2.24) is 10.2 Å². The summed E-state index contributed by atoms with van der Waals surface area (Å²) in [4.78, 5) is 11.6. The molecular formula is C15H34N2O3. The molecule has 0 aromatic carbocycles. The first-order valence-corrected chi connectivity index (χ1v) is 7.49. The molecule has 2 aliphatic rings. The number of rotatable bonds is 3. The van der Waals surface area contributed by atoms with Crippen LogP contribution in [0.2, 0.25) is 0 Å². The predicted octanol–water partition coefficient (Wildman–Crippen LogP) is 1.91. The summed E-state index contributed by atoms with van der Waals surface area (Å²) in [6, 6.07) is 0. The van der Waals surface area contributed by atoms with Gasteiger partial charge >= 0.3 is 0 Å². The summed E-state index contributed by atoms with van der Waals surface area (Å²) in [5.41, 5.74) is 0.467. The Bertz CT molecular complexity index is 203. The van der Waals surface area contributed by atoms with E-state index in [-0.39, 0.29) is 0 Å². The Balaban J connectivity index is 0. The number of carbonyl (C=O) groups excluding carboxylic acids is 1. The molecule has 0 aromatic rings. The van der Waals surface area contributed by atoms with E-state index in [2.05, 4.69) is 15.0 Å². The van der Waals surface area contributed by atoms with E-state index in [0.717, 1.165) is 6.61 Å². The van der Waals surface area contributed by atoms with E-state index in [0.29, 0.717) is 12.0 Å². The molecule has 122 valence electrons. The maximum Gasteiger partial charge on any atom is 0.292 e. The minimum absolute atomic E-state index is 0.375. The lowest BCUT2D eigenvalue weighted by molar-refractivity contribution is -0.126. The van der Waals surface area contributed by atoms with Gasteiger partial charge in [-0.25, -0.2) is 0 Å². The Morgan fingerprint density at radius 1 is 1.15 bits per heavy atom. The monoisotopic (exact) mass is 290 g/mol. The zero-order valence-electron chi connectivity index (χ0n) is 14.2. The van der Waals surface area contributed by atoms with Gasteiger partial charge in [0.1, 0.15) is 0 Å². The van der Waals surface area contributed by atoms with Crippen molar-refractivity contribution in [2.45, 2.75) is 45.1 Å². The summed E-state index contributed by atoms with van der Waals surface area (Å²) in [6.07, 6.45) is 5.48. The van der Waals surface area contributed by atoms with E-state index in [1.165, 1.54) is 45.9 Å². The Kier molecular flexibility index (Phi) is 16.0. The van der Waals surface area contributed by atoms with Gasteiger partial charge in [-0.3, -0.25) is 9.69 Å². The minimum atomic E-state index is 0.375. The number of nitrogens with zero attached hydrogens (tertiary/aromatic N) is 1. The van der Waals surface area contributed by atoms with Crippen molar-refractivity contribution in [3.63, 3.8) is 0 Å². The van der Waals surface area contributed by atoms with Crippen LogP contribution in [0.15, 0.2) is 0 Å².